The molecule has 5 nitrogen and oxygen atoms in total. The summed E-state index contributed by atoms with van der Waals surface area (Å²) in [5, 5.41) is 2.92. The fourth-order valence-electron chi connectivity index (χ4n) is 4.11. The third-order valence-corrected chi connectivity index (χ3v) is 6.65. The summed E-state index contributed by atoms with van der Waals surface area (Å²) < 4.78 is 0. The lowest BCUT2D eigenvalue weighted by Gasteiger charge is -2.42. The van der Waals surface area contributed by atoms with Crippen molar-refractivity contribution in [3.8, 4) is 0 Å². The van der Waals surface area contributed by atoms with Crippen LogP contribution in [-0.4, -0.2) is 35.3 Å². The van der Waals surface area contributed by atoms with Gasteiger partial charge in [-0.25, -0.2) is 0 Å². The molecule has 0 bridgehead atoms. The molecule has 2 aliphatic rings. The molecule has 1 fully saturated rings. The van der Waals surface area contributed by atoms with Gasteiger partial charge < -0.3 is 5.32 Å². The van der Waals surface area contributed by atoms with Gasteiger partial charge >= 0.3 is 0 Å². The van der Waals surface area contributed by atoms with Crippen LogP contribution in [0.15, 0.2) is 36.4 Å². The smallest absolute Gasteiger partial charge is 0.250 e. The Morgan fingerprint density at radius 1 is 1.26 bits per heavy atom. The molecule has 4 rings (SSSR count). The molecule has 1 N–H and O–H groups in total. The number of hydrogen-bond donors (Lipinski definition) is 1. The zero-order valence-corrected chi connectivity index (χ0v) is 16.8. The molecule has 3 heterocycles. The van der Waals surface area contributed by atoms with E-state index >= 15 is 0 Å². The van der Waals surface area contributed by atoms with Crippen LogP contribution in [0.2, 0.25) is 0 Å². The fourth-order valence-corrected chi connectivity index (χ4v) is 5.16. The monoisotopic (exact) mass is 383 g/mol. The highest BCUT2D eigenvalue weighted by molar-refractivity contribution is 7.12. The Kier molecular flexibility index (Phi) is 4.56. The number of aryl methyl sites for hydroxylation is 1. The second kappa shape index (κ2) is 6.77. The first-order chi connectivity index (χ1) is 12.9. The van der Waals surface area contributed by atoms with Gasteiger partial charge in [0.2, 0.25) is 11.8 Å². The van der Waals surface area contributed by atoms with Crippen LogP contribution in [0, 0.1) is 6.92 Å². The molecular weight excluding hydrogens is 358 g/mol. The molecule has 0 radical (unpaired) electrons. The highest BCUT2D eigenvalue weighted by atomic mass is 32.1. The number of rotatable bonds is 3. The van der Waals surface area contributed by atoms with Crippen molar-refractivity contribution in [1.29, 1.82) is 0 Å². The maximum Gasteiger partial charge on any atom is 0.250 e. The molecule has 1 aromatic carbocycles. The van der Waals surface area contributed by atoms with Gasteiger partial charge in [0.25, 0.3) is 0 Å². The number of hydrogen-bond acceptors (Lipinski definition) is 4. The zero-order chi connectivity index (χ0) is 19.2. The van der Waals surface area contributed by atoms with Gasteiger partial charge in [0.05, 0.1) is 17.9 Å². The fraction of sp³-hybridized carbons (Fsp3) is 0.429. The second-order valence-corrected chi connectivity index (χ2v) is 9.16. The van der Waals surface area contributed by atoms with Gasteiger partial charge in [0, 0.05) is 15.8 Å². The van der Waals surface area contributed by atoms with Crippen LogP contribution in [0.3, 0.4) is 0 Å². The van der Waals surface area contributed by atoms with Gasteiger partial charge in [0.1, 0.15) is 5.54 Å². The molecule has 1 unspecified atom stereocenters. The summed E-state index contributed by atoms with van der Waals surface area (Å²) in [6.45, 7) is 6.97. The van der Waals surface area contributed by atoms with E-state index in [0.29, 0.717) is 18.3 Å². The van der Waals surface area contributed by atoms with Crippen LogP contribution < -0.4 is 10.2 Å². The van der Waals surface area contributed by atoms with Crippen LogP contribution in [0.5, 0.6) is 0 Å². The number of fused-ring (bicyclic) bond motifs is 1. The van der Waals surface area contributed by atoms with Gasteiger partial charge in [-0.3, -0.25) is 19.4 Å². The van der Waals surface area contributed by atoms with Crippen LogP contribution in [0.4, 0.5) is 11.4 Å². The predicted molar refractivity (Wildman–Crippen MR) is 109 cm³/mol. The number of amides is 2. The maximum absolute atomic E-state index is 13.4. The predicted octanol–water partition coefficient (Wildman–Crippen LogP) is 3.96. The van der Waals surface area contributed by atoms with Crippen molar-refractivity contribution >= 4 is 34.5 Å². The number of nitrogens with one attached hydrogen (secondary N) is 1. The Hall–Kier alpha value is -2.18. The molecule has 1 atom stereocenters. The third-order valence-electron chi connectivity index (χ3n) is 5.55. The number of benzene rings is 1. The molecule has 0 spiro atoms. The number of carbonyl (C=O) groups is 2. The Labute approximate surface area is 164 Å². The summed E-state index contributed by atoms with van der Waals surface area (Å²) >= 11 is 1.81. The Morgan fingerprint density at radius 2 is 2.04 bits per heavy atom. The lowest BCUT2D eigenvalue weighted by atomic mass is 9.96. The summed E-state index contributed by atoms with van der Waals surface area (Å²) in [4.78, 5) is 32.5. The Morgan fingerprint density at radius 3 is 2.78 bits per heavy atom. The van der Waals surface area contributed by atoms with E-state index in [2.05, 4.69) is 29.3 Å². The van der Waals surface area contributed by atoms with E-state index in [1.165, 1.54) is 9.75 Å². The summed E-state index contributed by atoms with van der Waals surface area (Å²) in [5.41, 5.74) is 0.553. The summed E-state index contributed by atoms with van der Waals surface area (Å²) in [6, 6.07) is 12.1. The topological polar surface area (TPSA) is 52.7 Å². The van der Waals surface area contributed by atoms with E-state index in [1.54, 1.807) is 18.7 Å². The molecule has 2 aromatic rings. The molecule has 2 aliphatic heterocycles. The maximum atomic E-state index is 13.4. The number of carbonyl (C=O) groups excluding carboxylic acids is 2. The Bertz CT molecular complexity index is 889. The minimum Gasteiger partial charge on any atom is -0.322 e. The van der Waals surface area contributed by atoms with Gasteiger partial charge in [-0.2, -0.15) is 0 Å². The highest BCUT2D eigenvalue weighted by Gasteiger charge is 2.44. The van der Waals surface area contributed by atoms with Gasteiger partial charge in [-0.15, -0.1) is 11.3 Å². The van der Waals surface area contributed by atoms with E-state index in [-0.39, 0.29) is 11.8 Å². The highest BCUT2D eigenvalue weighted by Crippen LogP contribution is 2.39. The number of thiophene rings is 1. The molecule has 6 heteroatoms. The largest absolute Gasteiger partial charge is 0.322 e. The SMILES string of the molecule is Cc1ccc(C2CCCN2CC(=O)N2c3ccccc3NC(=O)C2(C)C)s1. The third kappa shape index (κ3) is 3.17. The Balaban J connectivity index is 1.61. The van der Waals surface area contributed by atoms with E-state index in [9.17, 15) is 9.59 Å². The van der Waals surface area contributed by atoms with Crippen molar-refractivity contribution < 1.29 is 9.59 Å². The number of para-hydroxylation sites is 2. The van der Waals surface area contributed by atoms with Crippen LogP contribution in [0.25, 0.3) is 0 Å². The quantitative estimate of drug-likeness (QED) is 0.873. The van der Waals surface area contributed by atoms with Gasteiger partial charge in [0.15, 0.2) is 0 Å². The van der Waals surface area contributed by atoms with E-state index < -0.39 is 5.54 Å². The first-order valence-electron chi connectivity index (χ1n) is 9.42. The number of nitrogens with zero attached hydrogens (tertiary/aromatic N) is 2. The first kappa shape index (κ1) is 18.2. The molecule has 0 aliphatic carbocycles. The first-order valence-corrected chi connectivity index (χ1v) is 10.2. The van der Waals surface area contributed by atoms with E-state index in [4.69, 9.17) is 0 Å². The van der Waals surface area contributed by atoms with Gasteiger partial charge in [-0.1, -0.05) is 12.1 Å². The van der Waals surface area contributed by atoms with E-state index in [1.807, 2.05) is 35.6 Å². The van der Waals surface area contributed by atoms with Crippen molar-refractivity contribution in [2.45, 2.75) is 45.2 Å². The molecular formula is C21H25N3O2S. The minimum absolute atomic E-state index is 0.0255. The van der Waals surface area contributed by atoms with Crippen LogP contribution >= 0.6 is 11.3 Å². The average molecular weight is 384 g/mol. The van der Waals surface area contributed by atoms with E-state index in [0.717, 1.165) is 25.1 Å². The normalized spacial score (nSPS) is 21.8. The lowest BCUT2D eigenvalue weighted by molar-refractivity contribution is -0.127. The van der Waals surface area contributed by atoms with Crippen molar-refractivity contribution in [2.24, 2.45) is 0 Å². The van der Waals surface area contributed by atoms with Crippen LogP contribution in [-0.2, 0) is 9.59 Å². The molecule has 1 saturated heterocycles. The van der Waals surface area contributed by atoms with Crippen molar-refractivity contribution in [3.05, 3.63) is 46.2 Å². The zero-order valence-electron chi connectivity index (χ0n) is 16.0. The number of likely N-dealkylation sites (tertiary alicyclic amines) is 1. The molecule has 27 heavy (non-hydrogen) atoms. The van der Waals surface area contributed by atoms with Crippen LogP contribution in [0.1, 0.15) is 42.5 Å². The summed E-state index contributed by atoms with van der Waals surface area (Å²) in [5.74, 6) is -0.177. The standard InChI is InChI=1S/C21H25N3O2S/c1-14-10-11-18(27-14)17-9-6-12-23(17)13-19(25)24-16-8-5-4-7-15(16)22-20(26)21(24,2)3/h4-5,7-8,10-11,17H,6,9,12-13H2,1-3H3,(H,22,26). The summed E-state index contributed by atoms with van der Waals surface area (Å²) in [7, 11) is 0. The molecule has 2 amide bonds. The molecule has 142 valence electrons. The summed E-state index contributed by atoms with van der Waals surface area (Å²) in [6.07, 6.45) is 2.17. The van der Waals surface area contributed by atoms with Crippen molar-refractivity contribution in [3.63, 3.8) is 0 Å². The van der Waals surface area contributed by atoms with Crippen molar-refractivity contribution in [2.75, 3.05) is 23.3 Å². The average Bonchev–Trinajstić information content (AvgIpc) is 3.24. The second-order valence-electron chi connectivity index (χ2n) is 7.84. The van der Waals surface area contributed by atoms with Crippen molar-refractivity contribution in [1.82, 2.24) is 4.90 Å². The number of anilines is 2. The lowest BCUT2D eigenvalue weighted by Crippen LogP contribution is -2.60. The molecule has 0 saturated carbocycles. The minimum atomic E-state index is -0.916. The molecule has 1 aromatic heterocycles. The van der Waals surface area contributed by atoms with Gasteiger partial charge in [-0.05, 0) is 64.4 Å².